The topological polar surface area (TPSA) is 71.0 Å². The number of likely N-dealkylation sites (tertiary alicyclic amines) is 1. The Labute approximate surface area is 219 Å². The lowest BCUT2D eigenvalue weighted by atomic mass is 10.0. The Balaban J connectivity index is 1.22. The predicted molar refractivity (Wildman–Crippen MR) is 143 cm³/mol. The summed E-state index contributed by atoms with van der Waals surface area (Å²) in [5, 5.41) is 0. The van der Waals surface area contributed by atoms with Gasteiger partial charge in [-0.3, -0.25) is 19.2 Å². The molecule has 2 saturated heterocycles. The molecule has 3 aliphatic heterocycles. The van der Waals surface area contributed by atoms with Crippen molar-refractivity contribution in [2.45, 2.75) is 6.54 Å². The van der Waals surface area contributed by atoms with Crippen LogP contribution >= 0.6 is 0 Å². The van der Waals surface area contributed by atoms with Gasteiger partial charge < -0.3 is 9.47 Å². The minimum Gasteiger partial charge on any atom is -0.340 e. The van der Waals surface area contributed by atoms with E-state index >= 15 is 0 Å². The number of imidazole rings is 1. The van der Waals surface area contributed by atoms with Crippen molar-refractivity contribution in [3.8, 4) is 28.3 Å². The highest BCUT2D eigenvalue weighted by Gasteiger charge is 2.40. The Morgan fingerprint density at radius 3 is 2.61 bits per heavy atom. The van der Waals surface area contributed by atoms with Crippen LogP contribution in [0.2, 0.25) is 0 Å². The van der Waals surface area contributed by atoms with Crippen molar-refractivity contribution < 1.29 is 9.59 Å². The lowest BCUT2D eigenvalue weighted by Gasteiger charge is -2.37. The molecule has 0 unspecified atom stereocenters. The highest BCUT2D eigenvalue weighted by molar-refractivity contribution is 6.12. The first-order chi connectivity index (χ1) is 18.5. The van der Waals surface area contributed by atoms with Gasteiger partial charge in [-0.25, -0.2) is 14.6 Å². The standard InChI is InChI=1S/C29H25N7O2/c1-30-23-5-3-20(4-6-23)21-12-26-28-31-9-10-34(28)25-8-7-24(11-22(25)17-33(26)16-21)35-18-27(37)36(29(35)38)15-19-13-32(2)14-19/h3-12,16,19H,13-15,17-18H2,2H3. The number of carbonyl (C=O) groups is 2. The van der Waals surface area contributed by atoms with E-state index in [1.807, 2.05) is 55.7 Å². The van der Waals surface area contributed by atoms with Crippen molar-refractivity contribution in [1.82, 2.24) is 23.9 Å². The van der Waals surface area contributed by atoms with Crippen molar-refractivity contribution in [1.29, 1.82) is 0 Å². The van der Waals surface area contributed by atoms with Gasteiger partial charge >= 0.3 is 6.03 Å². The average Bonchev–Trinajstić information content (AvgIpc) is 3.60. The van der Waals surface area contributed by atoms with E-state index in [-0.39, 0.29) is 18.5 Å². The van der Waals surface area contributed by atoms with Gasteiger partial charge in [0.15, 0.2) is 11.5 Å². The van der Waals surface area contributed by atoms with E-state index in [9.17, 15) is 9.59 Å². The fourth-order valence-corrected chi connectivity index (χ4v) is 5.81. The van der Waals surface area contributed by atoms with E-state index in [0.29, 0.717) is 24.7 Å². The Morgan fingerprint density at radius 1 is 1.03 bits per heavy atom. The smallest absolute Gasteiger partial charge is 0.331 e. The summed E-state index contributed by atoms with van der Waals surface area (Å²) in [5.41, 5.74) is 6.43. The minimum absolute atomic E-state index is 0.0655. The SMILES string of the molecule is [C-]#[N+]c1ccc(-c2cc3n(c2)Cc2cc(N4CC(=O)N(CC5CN(C)C5)C4=O)ccc2-n2ccnc2-3)cc1. The maximum Gasteiger partial charge on any atom is 0.331 e. The minimum atomic E-state index is -0.242. The summed E-state index contributed by atoms with van der Waals surface area (Å²) in [6.07, 6.45) is 5.84. The van der Waals surface area contributed by atoms with Crippen LogP contribution in [0.15, 0.2) is 67.1 Å². The fourth-order valence-electron chi connectivity index (χ4n) is 5.81. The van der Waals surface area contributed by atoms with Gasteiger partial charge in [0, 0.05) is 61.9 Å². The molecule has 4 aromatic rings. The molecule has 3 amide bonds. The molecule has 0 N–H and O–H groups in total. The molecule has 2 aromatic carbocycles. The van der Waals surface area contributed by atoms with E-state index < -0.39 is 0 Å². The summed E-state index contributed by atoms with van der Waals surface area (Å²) < 4.78 is 4.24. The van der Waals surface area contributed by atoms with Crippen molar-refractivity contribution >= 4 is 23.3 Å². The van der Waals surface area contributed by atoms with Crippen molar-refractivity contribution in [3.63, 3.8) is 0 Å². The molecule has 188 valence electrons. The van der Waals surface area contributed by atoms with E-state index in [1.165, 1.54) is 4.90 Å². The highest BCUT2D eigenvalue weighted by Crippen LogP contribution is 2.36. The maximum atomic E-state index is 13.2. The van der Waals surface area contributed by atoms with Gasteiger partial charge in [-0.15, -0.1) is 0 Å². The van der Waals surface area contributed by atoms with Gasteiger partial charge in [0.2, 0.25) is 0 Å². The van der Waals surface area contributed by atoms with Gasteiger partial charge in [0.25, 0.3) is 5.91 Å². The molecule has 2 aromatic heterocycles. The number of hydrogen-bond acceptors (Lipinski definition) is 4. The molecule has 9 nitrogen and oxygen atoms in total. The summed E-state index contributed by atoms with van der Waals surface area (Å²) >= 11 is 0. The van der Waals surface area contributed by atoms with Crippen LogP contribution in [0.5, 0.6) is 0 Å². The molecule has 3 aliphatic rings. The first-order valence-electron chi connectivity index (χ1n) is 12.6. The molecule has 0 aliphatic carbocycles. The Hall–Kier alpha value is -4.68. The molecular formula is C29H25N7O2. The zero-order valence-electron chi connectivity index (χ0n) is 20.9. The van der Waals surface area contributed by atoms with Gasteiger partial charge in [-0.05, 0) is 42.4 Å². The monoisotopic (exact) mass is 503 g/mol. The van der Waals surface area contributed by atoms with Crippen LogP contribution in [0.3, 0.4) is 0 Å². The van der Waals surface area contributed by atoms with E-state index in [2.05, 4.69) is 36.1 Å². The molecule has 0 spiro atoms. The second-order valence-corrected chi connectivity index (χ2v) is 10.3. The summed E-state index contributed by atoms with van der Waals surface area (Å²) in [6.45, 7) is 10.2. The highest BCUT2D eigenvalue weighted by atomic mass is 16.2. The summed E-state index contributed by atoms with van der Waals surface area (Å²) in [6, 6.07) is 15.4. The molecule has 0 atom stereocenters. The molecule has 7 rings (SSSR count). The number of fused-ring (bicyclic) bond motifs is 5. The Morgan fingerprint density at radius 2 is 1.84 bits per heavy atom. The number of aromatic nitrogens is 3. The molecule has 2 fully saturated rings. The lowest BCUT2D eigenvalue weighted by Crippen LogP contribution is -2.50. The number of carbonyl (C=O) groups excluding carboxylic acids is 2. The number of hydrogen-bond donors (Lipinski definition) is 0. The van der Waals surface area contributed by atoms with E-state index in [0.717, 1.165) is 52.7 Å². The van der Waals surface area contributed by atoms with Crippen LogP contribution in [0.25, 0.3) is 33.2 Å². The van der Waals surface area contributed by atoms with Gasteiger partial charge in [-0.2, -0.15) is 0 Å². The van der Waals surface area contributed by atoms with Crippen LogP contribution in [0.4, 0.5) is 16.2 Å². The number of anilines is 1. The van der Waals surface area contributed by atoms with Crippen LogP contribution in [0.1, 0.15) is 5.56 Å². The van der Waals surface area contributed by atoms with Crippen LogP contribution in [-0.4, -0.2) is 69.1 Å². The van der Waals surface area contributed by atoms with Gasteiger partial charge in [-0.1, -0.05) is 24.3 Å². The Kier molecular flexibility index (Phi) is 5.00. The summed E-state index contributed by atoms with van der Waals surface area (Å²) in [5.74, 6) is 1.04. The maximum absolute atomic E-state index is 13.2. The van der Waals surface area contributed by atoms with Crippen LogP contribution < -0.4 is 4.90 Å². The second-order valence-electron chi connectivity index (χ2n) is 10.3. The quantitative estimate of drug-likeness (QED) is 0.272. The number of benzene rings is 2. The fraction of sp³-hybridized carbons (Fsp3) is 0.241. The lowest BCUT2D eigenvalue weighted by molar-refractivity contribution is -0.125. The van der Waals surface area contributed by atoms with Crippen molar-refractivity contribution in [2.24, 2.45) is 5.92 Å². The zero-order chi connectivity index (χ0) is 26.0. The normalized spacial score (nSPS) is 17.1. The van der Waals surface area contributed by atoms with Crippen molar-refractivity contribution in [3.05, 3.63) is 84.1 Å². The van der Waals surface area contributed by atoms with Crippen LogP contribution in [0, 0.1) is 12.5 Å². The number of urea groups is 1. The molecule has 5 heterocycles. The summed E-state index contributed by atoms with van der Waals surface area (Å²) in [4.78, 5) is 39.3. The van der Waals surface area contributed by atoms with Crippen LogP contribution in [-0.2, 0) is 11.3 Å². The third kappa shape index (κ3) is 3.53. The summed E-state index contributed by atoms with van der Waals surface area (Å²) in [7, 11) is 2.04. The molecule has 0 radical (unpaired) electrons. The second kappa shape index (κ2) is 8.43. The first-order valence-corrected chi connectivity index (χ1v) is 12.6. The number of imide groups is 1. The molecular weight excluding hydrogens is 478 g/mol. The van der Waals surface area contributed by atoms with Gasteiger partial charge in [0.05, 0.1) is 18.0 Å². The molecule has 0 bridgehead atoms. The number of rotatable bonds is 4. The number of nitrogens with zero attached hydrogens (tertiary/aromatic N) is 7. The molecule has 0 saturated carbocycles. The molecule has 9 heteroatoms. The van der Waals surface area contributed by atoms with Gasteiger partial charge in [0.1, 0.15) is 6.54 Å². The van der Waals surface area contributed by atoms with Crippen molar-refractivity contribution in [2.75, 3.05) is 38.1 Å². The first kappa shape index (κ1) is 22.5. The zero-order valence-corrected chi connectivity index (χ0v) is 20.9. The Bertz CT molecular complexity index is 1640. The number of amides is 3. The third-order valence-corrected chi connectivity index (χ3v) is 7.71. The van der Waals surface area contributed by atoms with E-state index in [1.54, 1.807) is 11.1 Å². The molecule has 38 heavy (non-hydrogen) atoms. The van der Waals surface area contributed by atoms with E-state index in [4.69, 9.17) is 6.57 Å². The largest absolute Gasteiger partial charge is 0.340 e. The predicted octanol–water partition coefficient (Wildman–Crippen LogP) is 4.25. The average molecular weight is 504 g/mol. The third-order valence-electron chi connectivity index (χ3n) is 7.71.